The minimum absolute atomic E-state index is 0.201. The van der Waals surface area contributed by atoms with E-state index in [2.05, 4.69) is 15.4 Å². The molecule has 2 N–H and O–H groups in total. The van der Waals surface area contributed by atoms with Gasteiger partial charge in [-0.2, -0.15) is 5.10 Å². The first kappa shape index (κ1) is 15.8. The lowest BCUT2D eigenvalue weighted by molar-refractivity contribution is 0.0945. The van der Waals surface area contributed by atoms with E-state index >= 15 is 0 Å². The predicted molar refractivity (Wildman–Crippen MR) is 89.3 cm³/mol. The Balaban J connectivity index is 1.74. The topological polar surface area (TPSA) is 88.5 Å². The van der Waals surface area contributed by atoms with Crippen molar-refractivity contribution in [2.24, 2.45) is 0 Å². The van der Waals surface area contributed by atoms with Gasteiger partial charge in [-0.15, -0.1) is 0 Å². The third kappa shape index (κ3) is 3.29. The molecule has 0 unspecified atom stereocenters. The number of hydrogen-bond donors (Lipinski definition) is 2. The molecule has 1 aromatic carbocycles. The molecule has 7 nitrogen and oxygen atoms in total. The monoisotopic (exact) mass is 326 g/mol. The van der Waals surface area contributed by atoms with Crippen LogP contribution in [-0.4, -0.2) is 27.1 Å². The molecule has 1 amide bonds. The van der Waals surface area contributed by atoms with Gasteiger partial charge in [-0.1, -0.05) is 12.1 Å². The predicted octanol–water partition coefficient (Wildman–Crippen LogP) is 1.66. The van der Waals surface area contributed by atoms with Crippen LogP contribution in [-0.2, 0) is 6.54 Å². The van der Waals surface area contributed by atoms with Gasteiger partial charge in [-0.3, -0.25) is 9.59 Å². The number of carbonyl (C=O) groups excluding carboxylic acids is 1. The highest BCUT2D eigenvalue weighted by Gasteiger charge is 2.12. The van der Waals surface area contributed by atoms with Crippen LogP contribution < -0.4 is 15.6 Å². The van der Waals surface area contributed by atoms with E-state index in [-0.39, 0.29) is 17.2 Å². The number of rotatable bonds is 5. The molecule has 124 valence electrons. The number of fused-ring (bicyclic) bond motifs is 1. The van der Waals surface area contributed by atoms with Gasteiger partial charge in [0.05, 0.1) is 6.61 Å². The van der Waals surface area contributed by atoms with E-state index in [1.807, 2.05) is 31.2 Å². The number of benzene rings is 1. The Kier molecular flexibility index (Phi) is 4.33. The molecule has 0 bridgehead atoms. The SMILES string of the molecule is CCOc1cccc(CNC(=O)c2cc3c(=O)[nH]c(C)cn3n2)c1. The van der Waals surface area contributed by atoms with Crippen molar-refractivity contribution in [3.8, 4) is 5.75 Å². The third-order valence-corrected chi connectivity index (χ3v) is 3.49. The van der Waals surface area contributed by atoms with Crippen LogP contribution >= 0.6 is 0 Å². The maximum atomic E-state index is 12.3. The fraction of sp³-hybridized carbons (Fsp3) is 0.235. The number of carbonyl (C=O) groups is 1. The summed E-state index contributed by atoms with van der Waals surface area (Å²) in [7, 11) is 0. The van der Waals surface area contributed by atoms with Gasteiger partial charge >= 0.3 is 0 Å². The lowest BCUT2D eigenvalue weighted by Gasteiger charge is -2.06. The van der Waals surface area contributed by atoms with Crippen LogP contribution in [0.25, 0.3) is 5.52 Å². The summed E-state index contributed by atoms with van der Waals surface area (Å²) in [5, 5.41) is 6.95. The maximum absolute atomic E-state index is 12.3. The maximum Gasteiger partial charge on any atom is 0.274 e. The molecule has 0 spiro atoms. The molecule has 24 heavy (non-hydrogen) atoms. The van der Waals surface area contributed by atoms with Crippen LogP contribution in [0.2, 0.25) is 0 Å². The molecule has 3 rings (SSSR count). The molecule has 0 aliphatic rings. The van der Waals surface area contributed by atoms with Crippen molar-refractivity contribution < 1.29 is 9.53 Å². The van der Waals surface area contributed by atoms with Crippen LogP contribution in [0.4, 0.5) is 0 Å². The Morgan fingerprint density at radius 3 is 3.00 bits per heavy atom. The molecule has 7 heteroatoms. The summed E-state index contributed by atoms with van der Waals surface area (Å²) in [5.74, 6) is 0.427. The van der Waals surface area contributed by atoms with Crippen molar-refractivity contribution in [2.75, 3.05) is 6.61 Å². The average molecular weight is 326 g/mol. The van der Waals surface area contributed by atoms with Crippen molar-refractivity contribution >= 4 is 11.4 Å². The molecule has 0 radical (unpaired) electrons. The number of aromatic nitrogens is 3. The number of amides is 1. The van der Waals surface area contributed by atoms with Gasteiger partial charge in [0, 0.05) is 24.5 Å². The van der Waals surface area contributed by atoms with Crippen molar-refractivity contribution in [1.29, 1.82) is 0 Å². The summed E-state index contributed by atoms with van der Waals surface area (Å²) in [6.45, 7) is 4.61. The Bertz CT molecular complexity index is 942. The number of hydrogen-bond acceptors (Lipinski definition) is 4. The van der Waals surface area contributed by atoms with Gasteiger partial charge < -0.3 is 15.0 Å². The second kappa shape index (κ2) is 6.57. The summed E-state index contributed by atoms with van der Waals surface area (Å²) < 4.78 is 6.85. The molecule has 0 saturated heterocycles. The molecule has 0 aliphatic heterocycles. The molecular formula is C17H18N4O3. The highest BCUT2D eigenvalue weighted by Crippen LogP contribution is 2.13. The van der Waals surface area contributed by atoms with Crippen molar-refractivity contribution in [2.45, 2.75) is 20.4 Å². The number of ether oxygens (including phenoxy) is 1. The number of aryl methyl sites for hydroxylation is 1. The Labute approximate surface area is 138 Å². The molecule has 3 aromatic rings. The zero-order valence-electron chi connectivity index (χ0n) is 13.5. The Morgan fingerprint density at radius 2 is 2.21 bits per heavy atom. The number of aromatic amines is 1. The minimum atomic E-state index is -0.336. The van der Waals surface area contributed by atoms with Gasteiger partial charge in [0.1, 0.15) is 11.3 Å². The van der Waals surface area contributed by atoms with E-state index in [1.54, 1.807) is 13.1 Å². The Hall–Kier alpha value is -3.09. The highest BCUT2D eigenvalue weighted by molar-refractivity contribution is 5.93. The van der Waals surface area contributed by atoms with Crippen LogP contribution in [0.1, 0.15) is 28.7 Å². The molecule has 0 saturated carbocycles. The van der Waals surface area contributed by atoms with Crippen LogP contribution in [0.3, 0.4) is 0 Å². The first-order chi connectivity index (χ1) is 11.6. The second-order valence-electron chi connectivity index (χ2n) is 5.39. The molecule has 0 aliphatic carbocycles. The van der Waals surface area contributed by atoms with Crippen molar-refractivity contribution in [3.05, 3.63) is 63.8 Å². The zero-order valence-corrected chi connectivity index (χ0v) is 13.5. The molecule has 0 atom stereocenters. The van der Waals surface area contributed by atoms with Crippen LogP contribution in [0, 0.1) is 6.92 Å². The van der Waals surface area contributed by atoms with Crippen LogP contribution in [0.5, 0.6) is 5.75 Å². The average Bonchev–Trinajstić information content (AvgIpc) is 2.98. The molecule has 2 heterocycles. The van der Waals surface area contributed by atoms with E-state index in [0.29, 0.717) is 24.4 Å². The summed E-state index contributed by atoms with van der Waals surface area (Å²) in [4.78, 5) is 26.8. The smallest absolute Gasteiger partial charge is 0.274 e. The lowest BCUT2D eigenvalue weighted by atomic mass is 10.2. The first-order valence-electron chi connectivity index (χ1n) is 7.66. The zero-order chi connectivity index (χ0) is 17.1. The van der Waals surface area contributed by atoms with Gasteiger partial charge in [-0.25, -0.2) is 4.52 Å². The summed E-state index contributed by atoms with van der Waals surface area (Å²) in [6.07, 6.45) is 1.67. The van der Waals surface area contributed by atoms with Gasteiger partial charge in [0.15, 0.2) is 5.69 Å². The summed E-state index contributed by atoms with van der Waals surface area (Å²) in [5.41, 5.74) is 1.86. The fourth-order valence-electron chi connectivity index (χ4n) is 2.42. The largest absolute Gasteiger partial charge is 0.494 e. The van der Waals surface area contributed by atoms with Crippen molar-refractivity contribution in [1.82, 2.24) is 19.9 Å². The molecular weight excluding hydrogens is 308 g/mol. The first-order valence-corrected chi connectivity index (χ1v) is 7.66. The van der Waals surface area contributed by atoms with E-state index < -0.39 is 0 Å². The van der Waals surface area contributed by atoms with Gasteiger partial charge in [-0.05, 0) is 31.5 Å². The molecule has 0 fully saturated rings. The lowest BCUT2D eigenvalue weighted by Crippen LogP contribution is -2.23. The van der Waals surface area contributed by atoms with Gasteiger partial charge in [0.25, 0.3) is 11.5 Å². The second-order valence-corrected chi connectivity index (χ2v) is 5.39. The van der Waals surface area contributed by atoms with E-state index in [0.717, 1.165) is 11.3 Å². The van der Waals surface area contributed by atoms with E-state index in [4.69, 9.17) is 4.74 Å². The number of H-pyrrole nitrogens is 1. The summed E-state index contributed by atoms with van der Waals surface area (Å²) >= 11 is 0. The normalized spacial score (nSPS) is 10.8. The third-order valence-electron chi connectivity index (χ3n) is 3.49. The van der Waals surface area contributed by atoms with E-state index in [1.165, 1.54) is 10.6 Å². The fourth-order valence-corrected chi connectivity index (χ4v) is 2.42. The van der Waals surface area contributed by atoms with E-state index in [9.17, 15) is 9.59 Å². The number of nitrogens with zero attached hydrogens (tertiary/aromatic N) is 2. The van der Waals surface area contributed by atoms with Gasteiger partial charge in [0.2, 0.25) is 0 Å². The van der Waals surface area contributed by atoms with Crippen LogP contribution in [0.15, 0.2) is 41.3 Å². The minimum Gasteiger partial charge on any atom is -0.494 e. The summed E-state index contributed by atoms with van der Waals surface area (Å²) in [6, 6.07) is 9.00. The molecule has 2 aromatic heterocycles. The Morgan fingerprint density at radius 1 is 1.38 bits per heavy atom. The highest BCUT2D eigenvalue weighted by atomic mass is 16.5. The standard InChI is InChI=1S/C17H18N4O3/c1-3-24-13-6-4-5-12(7-13)9-18-16(22)14-8-15-17(23)19-11(2)10-21(15)20-14/h4-8,10H,3,9H2,1-2H3,(H,18,22)(H,19,23). The number of nitrogens with one attached hydrogen (secondary N) is 2. The quantitative estimate of drug-likeness (QED) is 0.746. The van der Waals surface area contributed by atoms with Crippen molar-refractivity contribution in [3.63, 3.8) is 0 Å².